The fourth-order valence-electron chi connectivity index (χ4n) is 3.62. The Labute approximate surface area is 190 Å². The summed E-state index contributed by atoms with van der Waals surface area (Å²) in [4.78, 5) is 40.7. The number of carbonyl (C=O) groups is 3. The highest BCUT2D eigenvalue weighted by atomic mass is 35.5. The van der Waals surface area contributed by atoms with Gasteiger partial charge < -0.3 is 25.0 Å². The molecule has 2 atom stereocenters. The van der Waals surface area contributed by atoms with E-state index in [0.717, 1.165) is 5.69 Å². The second-order valence-electron chi connectivity index (χ2n) is 7.49. The molecule has 32 heavy (non-hydrogen) atoms. The zero-order chi connectivity index (χ0) is 22.7. The number of anilines is 3. The van der Waals surface area contributed by atoms with Gasteiger partial charge in [-0.1, -0.05) is 11.6 Å². The number of nitrogens with zero attached hydrogens (tertiary/aromatic N) is 2. The normalized spacial score (nSPS) is 20.9. The molecule has 2 fully saturated rings. The Kier molecular flexibility index (Phi) is 6.59. The number of urea groups is 1. The monoisotopic (exact) mass is 458 g/mol. The van der Waals surface area contributed by atoms with Gasteiger partial charge in [0.1, 0.15) is 19.4 Å². The number of nitrogens with one attached hydrogen (secondary N) is 2. The molecule has 0 aromatic heterocycles. The zero-order valence-electron chi connectivity index (χ0n) is 17.4. The van der Waals surface area contributed by atoms with Crippen LogP contribution in [0.5, 0.6) is 0 Å². The van der Waals surface area contributed by atoms with Crippen molar-refractivity contribution in [3.63, 3.8) is 0 Å². The third-order valence-corrected chi connectivity index (χ3v) is 5.57. The SMILES string of the molecule is C[C@@H]1OCN(C(=O)Nc2ccc(Cl)cc2)[C@H]1C(=O)Nc1ccc(N2CCOCC2=O)cc1. The summed E-state index contributed by atoms with van der Waals surface area (Å²) in [5.74, 6) is -0.469. The van der Waals surface area contributed by atoms with E-state index < -0.39 is 18.2 Å². The summed E-state index contributed by atoms with van der Waals surface area (Å²) in [6.07, 6.45) is -0.476. The lowest BCUT2D eigenvalue weighted by molar-refractivity contribution is -0.125. The summed E-state index contributed by atoms with van der Waals surface area (Å²) in [6, 6.07) is 12.4. The van der Waals surface area contributed by atoms with Gasteiger partial charge in [-0.3, -0.25) is 14.5 Å². The highest BCUT2D eigenvalue weighted by molar-refractivity contribution is 6.30. The quantitative estimate of drug-likeness (QED) is 0.733. The van der Waals surface area contributed by atoms with Gasteiger partial charge in [-0.15, -0.1) is 0 Å². The lowest BCUT2D eigenvalue weighted by atomic mass is 10.1. The van der Waals surface area contributed by atoms with Crippen LogP contribution in [-0.2, 0) is 19.1 Å². The van der Waals surface area contributed by atoms with Crippen molar-refractivity contribution in [3.05, 3.63) is 53.6 Å². The molecule has 9 nitrogen and oxygen atoms in total. The van der Waals surface area contributed by atoms with Crippen LogP contribution in [0.1, 0.15) is 6.92 Å². The van der Waals surface area contributed by atoms with Crippen LogP contribution in [0.2, 0.25) is 5.02 Å². The van der Waals surface area contributed by atoms with Crippen LogP contribution >= 0.6 is 11.6 Å². The number of amides is 4. The van der Waals surface area contributed by atoms with Crippen LogP contribution in [0, 0.1) is 0 Å². The van der Waals surface area contributed by atoms with Crippen molar-refractivity contribution in [2.45, 2.75) is 19.1 Å². The molecule has 2 aromatic carbocycles. The van der Waals surface area contributed by atoms with Crippen LogP contribution in [0.3, 0.4) is 0 Å². The Bertz CT molecular complexity index is 998. The van der Waals surface area contributed by atoms with Crippen LogP contribution in [0.4, 0.5) is 21.9 Å². The summed E-state index contributed by atoms with van der Waals surface area (Å²) >= 11 is 5.88. The second-order valence-corrected chi connectivity index (χ2v) is 7.92. The summed E-state index contributed by atoms with van der Waals surface area (Å²) in [5, 5.41) is 6.13. The van der Waals surface area contributed by atoms with Crippen molar-refractivity contribution < 1.29 is 23.9 Å². The van der Waals surface area contributed by atoms with Crippen LogP contribution in [0.25, 0.3) is 0 Å². The molecule has 2 N–H and O–H groups in total. The van der Waals surface area contributed by atoms with Crippen LogP contribution < -0.4 is 15.5 Å². The third-order valence-electron chi connectivity index (χ3n) is 5.31. The Morgan fingerprint density at radius 1 is 1.03 bits per heavy atom. The number of rotatable bonds is 4. The molecule has 2 aromatic rings. The topological polar surface area (TPSA) is 100 Å². The second kappa shape index (κ2) is 9.56. The molecule has 0 saturated carbocycles. The summed E-state index contributed by atoms with van der Waals surface area (Å²) in [7, 11) is 0. The summed E-state index contributed by atoms with van der Waals surface area (Å²) in [6.45, 7) is 2.77. The predicted molar refractivity (Wildman–Crippen MR) is 120 cm³/mol. The highest BCUT2D eigenvalue weighted by Crippen LogP contribution is 2.23. The first-order valence-electron chi connectivity index (χ1n) is 10.2. The number of hydrogen-bond acceptors (Lipinski definition) is 5. The lowest BCUT2D eigenvalue weighted by Gasteiger charge is -2.27. The molecular formula is C22H23ClN4O5. The smallest absolute Gasteiger partial charge is 0.324 e. The fourth-order valence-corrected chi connectivity index (χ4v) is 3.75. The van der Waals surface area contributed by atoms with Crippen molar-refractivity contribution in [1.29, 1.82) is 0 Å². The predicted octanol–water partition coefficient (Wildman–Crippen LogP) is 2.92. The van der Waals surface area contributed by atoms with Crippen molar-refractivity contribution >= 4 is 46.5 Å². The molecule has 0 spiro atoms. The van der Waals surface area contributed by atoms with Gasteiger partial charge in [0, 0.05) is 28.6 Å². The number of halogens is 1. The van der Waals surface area contributed by atoms with E-state index in [1.54, 1.807) is 60.4 Å². The first kappa shape index (κ1) is 22.1. The summed E-state index contributed by atoms with van der Waals surface area (Å²) in [5.41, 5.74) is 1.85. The van der Waals surface area contributed by atoms with E-state index >= 15 is 0 Å². The molecule has 0 bridgehead atoms. The van der Waals surface area contributed by atoms with Crippen molar-refractivity contribution in [1.82, 2.24) is 4.90 Å². The Morgan fingerprint density at radius 2 is 1.69 bits per heavy atom. The Balaban J connectivity index is 1.41. The van der Waals surface area contributed by atoms with Gasteiger partial charge in [-0.2, -0.15) is 0 Å². The van der Waals surface area contributed by atoms with Crippen molar-refractivity contribution in [2.24, 2.45) is 0 Å². The summed E-state index contributed by atoms with van der Waals surface area (Å²) < 4.78 is 10.7. The maximum Gasteiger partial charge on any atom is 0.324 e. The number of ether oxygens (including phenoxy) is 2. The molecule has 2 heterocycles. The molecule has 2 aliphatic rings. The average molecular weight is 459 g/mol. The molecular weight excluding hydrogens is 436 g/mol. The number of morpholine rings is 1. The molecule has 0 aliphatic carbocycles. The first-order chi connectivity index (χ1) is 15.4. The number of carbonyl (C=O) groups excluding carboxylic acids is 3. The van der Waals surface area contributed by atoms with Gasteiger partial charge >= 0.3 is 6.03 Å². The van der Waals surface area contributed by atoms with Gasteiger partial charge in [0.2, 0.25) is 5.91 Å². The average Bonchev–Trinajstić information content (AvgIpc) is 3.18. The minimum absolute atomic E-state index is 0.00322. The van der Waals surface area contributed by atoms with E-state index in [-0.39, 0.29) is 25.2 Å². The zero-order valence-corrected chi connectivity index (χ0v) is 18.2. The number of benzene rings is 2. The molecule has 0 radical (unpaired) electrons. The van der Waals surface area contributed by atoms with Gasteiger partial charge in [0.25, 0.3) is 5.91 Å². The van der Waals surface area contributed by atoms with Gasteiger partial charge in [0.05, 0.1) is 12.7 Å². The van der Waals surface area contributed by atoms with E-state index in [1.165, 1.54) is 4.90 Å². The van der Waals surface area contributed by atoms with Gasteiger partial charge in [0.15, 0.2) is 0 Å². The molecule has 0 unspecified atom stereocenters. The van der Waals surface area contributed by atoms with E-state index in [9.17, 15) is 14.4 Å². The van der Waals surface area contributed by atoms with Crippen molar-refractivity contribution in [3.8, 4) is 0 Å². The molecule has 4 amide bonds. The van der Waals surface area contributed by atoms with Crippen molar-refractivity contribution in [2.75, 3.05) is 42.0 Å². The third kappa shape index (κ3) is 4.85. The minimum Gasteiger partial charge on any atom is -0.370 e. The maximum atomic E-state index is 13.0. The first-order valence-corrected chi connectivity index (χ1v) is 10.5. The molecule has 2 aliphatic heterocycles. The molecule has 4 rings (SSSR count). The molecule has 2 saturated heterocycles. The van der Waals surface area contributed by atoms with Crippen LogP contribution in [-0.4, -0.2) is 61.4 Å². The highest BCUT2D eigenvalue weighted by Gasteiger charge is 2.40. The standard InChI is InChI=1S/C22H23ClN4O5/c1-14-20(27(13-32-14)22(30)25-17-4-2-15(23)3-5-17)21(29)24-16-6-8-18(9-7-16)26-10-11-31-12-19(26)28/h2-9,14,20H,10-13H2,1H3,(H,24,29)(H,25,30)/t14-,20+/m0/s1. The van der Waals surface area contributed by atoms with E-state index in [4.69, 9.17) is 21.1 Å². The Morgan fingerprint density at radius 3 is 2.38 bits per heavy atom. The maximum absolute atomic E-state index is 13.0. The largest absolute Gasteiger partial charge is 0.370 e. The molecule has 168 valence electrons. The van der Waals surface area contributed by atoms with E-state index in [1.807, 2.05) is 0 Å². The van der Waals surface area contributed by atoms with E-state index in [0.29, 0.717) is 29.5 Å². The number of hydrogen-bond donors (Lipinski definition) is 2. The van der Waals surface area contributed by atoms with Gasteiger partial charge in [-0.25, -0.2) is 4.79 Å². The van der Waals surface area contributed by atoms with E-state index in [2.05, 4.69) is 10.6 Å². The lowest BCUT2D eigenvalue weighted by Crippen LogP contribution is -2.48. The van der Waals surface area contributed by atoms with Gasteiger partial charge in [-0.05, 0) is 55.5 Å². The minimum atomic E-state index is -0.803. The fraction of sp³-hybridized carbons (Fsp3) is 0.318. The Hall–Kier alpha value is -3.14. The van der Waals surface area contributed by atoms with Crippen LogP contribution in [0.15, 0.2) is 48.5 Å². The molecule has 10 heteroatoms.